The van der Waals surface area contributed by atoms with Crippen LogP contribution in [0.3, 0.4) is 0 Å². The highest BCUT2D eigenvalue weighted by atomic mass is 16.3. The van der Waals surface area contributed by atoms with Crippen LogP contribution in [-0.4, -0.2) is 27.7 Å². The van der Waals surface area contributed by atoms with Crippen LogP contribution < -0.4 is 11.1 Å². The molecule has 124 valence electrons. The SMILES string of the molecule is CC(C)Cc1cc(N[C@@H](CO)CCc2ccccc2)nc(N)n1. The topological polar surface area (TPSA) is 84.1 Å². The maximum absolute atomic E-state index is 9.61. The van der Waals surface area contributed by atoms with Crippen LogP contribution in [0.4, 0.5) is 11.8 Å². The van der Waals surface area contributed by atoms with Crippen molar-refractivity contribution in [1.29, 1.82) is 0 Å². The minimum absolute atomic E-state index is 0.0518. The molecule has 2 rings (SSSR count). The monoisotopic (exact) mass is 314 g/mol. The van der Waals surface area contributed by atoms with Gasteiger partial charge in [0.15, 0.2) is 0 Å². The minimum atomic E-state index is -0.0589. The summed E-state index contributed by atoms with van der Waals surface area (Å²) in [6.45, 7) is 4.33. The van der Waals surface area contributed by atoms with Crippen molar-refractivity contribution >= 4 is 11.8 Å². The van der Waals surface area contributed by atoms with Gasteiger partial charge >= 0.3 is 0 Å². The molecule has 1 atom stereocenters. The summed E-state index contributed by atoms with van der Waals surface area (Å²) in [5.41, 5.74) is 7.98. The number of rotatable bonds is 8. The molecular weight excluding hydrogens is 288 g/mol. The van der Waals surface area contributed by atoms with Gasteiger partial charge in [0.1, 0.15) is 5.82 Å². The molecule has 1 aromatic carbocycles. The van der Waals surface area contributed by atoms with Gasteiger partial charge in [0.05, 0.1) is 12.6 Å². The summed E-state index contributed by atoms with van der Waals surface area (Å²) in [4.78, 5) is 8.49. The molecule has 4 N–H and O–H groups in total. The Labute approximate surface area is 138 Å². The Balaban J connectivity index is 1.99. The molecule has 0 spiro atoms. The summed E-state index contributed by atoms with van der Waals surface area (Å²) >= 11 is 0. The van der Waals surface area contributed by atoms with E-state index in [1.165, 1.54) is 5.56 Å². The summed E-state index contributed by atoms with van der Waals surface area (Å²) in [5.74, 6) is 1.45. The van der Waals surface area contributed by atoms with Gasteiger partial charge in [0.25, 0.3) is 0 Å². The highest BCUT2D eigenvalue weighted by Crippen LogP contribution is 2.15. The molecule has 0 bridgehead atoms. The molecule has 23 heavy (non-hydrogen) atoms. The zero-order chi connectivity index (χ0) is 16.7. The lowest BCUT2D eigenvalue weighted by Crippen LogP contribution is -2.25. The number of nitrogens with zero attached hydrogens (tertiary/aromatic N) is 2. The van der Waals surface area contributed by atoms with Crippen LogP contribution in [0.2, 0.25) is 0 Å². The molecule has 5 heteroatoms. The Bertz CT molecular complexity index is 601. The Kier molecular flexibility index (Phi) is 6.35. The van der Waals surface area contributed by atoms with Gasteiger partial charge in [-0.25, -0.2) is 4.98 Å². The summed E-state index contributed by atoms with van der Waals surface area (Å²) < 4.78 is 0. The standard InChI is InChI=1S/C18H26N4O/c1-13(2)10-16-11-17(22-18(19)21-16)20-15(12-23)9-8-14-6-4-3-5-7-14/h3-7,11,13,15,23H,8-10,12H2,1-2H3,(H3,19,20,21,22)/t15-/m1/s1. The number of benzene rings is 1. The number of nitrogen functional groups attached to an aromatic ring is 1. The summed E-state index contributed by atoms with van der Waals surface area (Å²) in [5, 5.41) is 12.9. The lowest BCUT2D eigenvalue weighted by molar-refractivity contribution is 0.269. The fourth-order valence-electron chi connectivity index (χ4n) is 2.52. The van der Waals surface area contributed by atoms with Crippen molar-refractivity contribution in [2.75, 3.05) is 17.7 Å². The third-order valence-electron chi connectivity index (χ3n) is 3.61. The summed E-state index contributed by atoms with van der Waals surface area (Å²) in [6.07, 6.45) is 2.58. The average molecular weight is 314 g/mol. The third kappa shape index (κ3) is 5.87. The predicted molar refractivity (Wildman–Crippen MR) is 94.2 cm³/mol. The van der Waals surface area contributed by atoms with Crippen molar-refractivity contribution in [3.05, 3.63) is 47.7 Å². The first-order valence-electron chi connectivity index (χ1n) is 8.11. The van der Waals surface area contributed by atoms with E-state index in [1.807, 2.05) is 24.3 Å². The van der Waals surface area contributed by atoms with Crippen LogP contribution in [-0.2, 0) is 12.8 Å². The lowest BCUT2D eigenvalue weighted by atomic mass is 10.1. The smallest absolute Gasteiger partial charge is 0.222 e. The maximum atomic E-state index is 9.61. The molecule has 0 aliphatic carbocycles. The van der Waals surface area contributed by atoms with E-state index < -0.39 is 0 Å². The average Bonchev–Trinajstić information content (AvgIpc) is 2.51. The first kappa shape index (κ1) is 17.2. The van der Waals surface area contributed by atoms with E-state index in [-0.39, 0.29) is 18.6 Å². The molecule has 0 radical (unpaired) electrons. The van der Waals surface area contributed by atoms with Gasteiger partial charge in [-0.2, -0.15) is 4.98 Å². The second-order valence-corrected chi connectivity index (χ2v) is 6.25. The van der Waals surface area contributed by atoms with Crippen molar-refractivity contribution in [2.24, 2.45) is 5.92 Å². The lowest BCUT2D eigenvalue weighted by Gasteiger charge is -2.18. The van der Waals surface area contributed by atoms with E-state index in [1.54, 1.807) is 0 Å². The quantitative estimate of drug-likeness (QED) is 0.697. The number of aryl methyl sites for hydroxylation is 1. The Morgan fingerprint density at radius 3 is 2.57 bits per heavy atom. The molecular formula is C18H26N4O. The number of aromatic nitrogens is 2. The zero-order valence-electron chi connectivity index (χ0n) is 13.9. The van der Waals surface area contributed by atoms with Gasteiger partial charge in [-0.3, -0.25) is 0 Å². The minimum Gasteiger partial charge on any atom is -0.394 e. The van der Waals surface area contributed by atoms with Gasteiger partial charge in [-0.05, 0) is 30.7 Å². The normalized spacial score (nSPS) is 12.3. The van der Waals surface area contributed by atoms with E-state index in [0.29, 0.717) is 11.7 Å². The highest BCUT2D eigenvalue weighted by Gasteiger charge is 2.11. The summed E-state index contributed by atoms with van der Waals surface area (Å²) in [6, 6.07) is 12.1. The van der Waals surface area contributed by atoms with Gasteiger partial charge in [0, 0.05) is 11.8 Å². The van der Waals surface area contributed by atoms with Gasteiger partial charge in [-0.15, -0.1) is 0 Å². The molecule has 0 amide bonds. The largest absolute Gasteiger partial charge is 0.394 e. The van der Waals surface area contributed by atoms with Crippen molar-refractivity contribution in [3.8, 4) is 0 Å². The van der Waals surface area contributed by atoms with Gasteiger partial charge in [-0.1, -0.05) is 44.2 Å². The van der Waals surface area contributed by atoms with Crippen molar-refractivity contribution < 1.29 is 5.11 Å². The van der Waals surface area contributed by atoms with E-state index in [4.69, 9.17) is 5.73 Å². The first-order valence-corrected chi connectivity index (χ1v) is 8.11. The zero-order valence-corrected chi connectivity index (χ0v) is 13.9. The Hall–Kier alpha value is -2.14. The molecule has 1 heterocycles. The molecule has 0 fully saturated rings. The molecule has 1 aromatic heterocycles. The number of hydrogen-bond acceptors (Lipinski definition) is 5. The molecule has 0 unspecified atom stereocenters. The number of nitrogens with one attached hydrogen (secondary N) is 1. The van der Waals surface area contributed by atoms with Crippen LogP contribution in [0, 0.1) is 5.92 Å². The molecule has 0 saturated carbocycles. The fraction of sp³-hybridized carbons (Fsp3) is 0.444. The number of anilines is 2. The van der Waals surface area contributed by atoms with Crippen LogP contribution in [0.5, 0.6) is 0 Å². The highest BCUT2D eigenvalue weighted by molar-refractivity contribution is 5.41. The fourth-order valence-corrected chi connectivity index (χ4v) is 2.52. The van der Waals surface area contributed by atoms with Gasteiger partial charge in [0.2, 0.25) is 5.95 Å². The van der Waals surface area contributed by atoms with E-state index >= 15 is 0 Å². The van der Waals surface area contributed by atoms with Crippen LogP contribution in [0.15, 0.2) is 36.4 Å². The number of nitrogens with two attached hydrogens (primary N) is 1. The maximum Gasteiger partial charge on any atom is 0.222 e. The molecule has 5 nitrogen and oxygen atoms in total. The number of aliphatic hydroxyl groups is 1. The van der Waals surface area contributed by atoms with Crippen molar-refractivity contribution in [2.45, 2.75) is 39.2 Å². The van der Waals surface area contributed by atoms with Gasteiger partial charge < -0.3 is 16.2 Å². The van der Waals surface area contributed by atoms with Crippen LogP contribution >= 0.6 is 0 Å². The first-order chi connectivity index (χ1) is 11.1. The van der Waals surface area contributed by atoms with Crippen molar-refractivity contribution in [1.82, 2.24) is 9.97 Å². The molecule has 0 saturated heterocycles. The van der Waals surface area contributed by atoms with Crippen LogP contribution in [0.25, 0.3) is 0 Å². The molecule has 0 aliphatic heterocycles. The number of aliphatic hydroxyl groups excluding tert-OH is 1. The second-order valence-electron chi connectivity index (χ2n) is 6.25. The summed E-state index contributed by atoms with van der Waals surface area (Å²) in [7, 11) is 0. The van der Waals surface area contributed by atoms with E-state index in [0.717, 1.165) is 25.0 Å². The molecule has 0 aliphatic rings. The predicted octanol–water partition coefficient (Wildman–Crippen LogP) is 2.66. The van der Waals surface area contributed by atoms with E-state index in [2.05, 4.69) is 41.3 Å². The number of hydrogen-bond donors (Lipinski definition) is 3. The van der Waals surface area contributed by atoms with Crippen molar-refractivity contribution in [3.63, 3.8) is 0 Å². The second kappa shape index (κ2) is 8.48. The Morgan fingerprint density at radius 2 is 1.91 bits per heavy atom. The third-order valence-corrected chi connectivity index (χ3v) is 3.61. The Morgan fingerprint density at radius 1 is 1.17 bits per heavy atom. The van der Waals surface area contributed by atoms with Crippen LogP contribution in [0.1, 0.15) is 31.5 Å². The van der Waals surface area contributed by atoms with E-state index in [9.17, 15) is 5.11 Å². The molecule has 2 aromatic rings.